The molecule has 0 saturated carbocycles. The van der Waals surface area contributed by atoms with Crippen LogP contribution in [0.3, 0.4) is 0 Å². The molecule has 12 heavy (non-hydrogen) atoms. The number of hydrogen-bond donors (Lipinski definition) is 3. The van der Waals surface area contributed by atoms with Gasteiger partial charge in [-0.15, -0.1) is 0 Å². The molecule has 0 unspecified atom stereocenters. The summed E-state index contributed by atoms with van der Waals surface area (Å²) in [6.45, 7) is 0. The second-order valence-corrected chi connectivity index (χ2v) is 1.54. The summed E-state index contributed by atoms with van der Waals surface area (Å²) >= 11 is 0. The Labute approximate surface area is 83.5 Å². The minimum atomic E-state index is -4.64. The summed E-state index contributed by atoms with van der Waals surface area (Å²) in [7, 11) is -4.64. The van der Waals surface area contributed by atoms with E-state index in [0.29, 0.717) is 0 Å². The summed E-state index contributed by atoms with van der Waals surface area (Å²) in [6, 6.07) is 0. The maximum absolute atomic E-state index is 8.88. The molecule has 0 fully saturated rings. The van der Waals surface area contributed by atoms with E-state index in [-0.39, 0.29) is 55.9 Å². The topological polar surface area (TPSA) is 267 Å². The third kappa shape index (κ3) is 2440. The molecule has 0 atom stereocenters. The molecule has 10 nitrogen and oxygen atoms in total. The third-order valence-electron chi connectivity index (χ3n) is 0. The van der Waals surface area contributed by atoms with Crippen LogP contribution in [0.25, 0.3) is 0 Å². The number of hydrogen-bond acceptors (Lipinski definition) is 1. The van der Waals surface area contributed by atoms with E-state index >= 15 is 0 Å². The van der Waals surface area contributed by atoms with Crippen molar-refractivity contribution in [3.63, 3.8) is 0 Å². The van der Waals surface area contributed by atoms with E-state index in [9.17, 15) is 0 Å². The zero-order chi connectivity index (χ0) is 4.50. The molecule has 12 heteroatoms. The monoisotopic (exact) mass is 232 g/mol. The lowest BCUT2D eigenvalue weighted by atomic mass is 15.8. The summed E-state index contributed by atoms with van der Waals surface area (Å²) in [5.74, 6) is 0. The summed E-state index contributed by atoms with van der Waals surface area (Å²) < 4.78 is 8.88. The molecule has 0 bridgehead atoms. The molecule has 0 radical (unpaired) electrons. The molecular formula is H17MgO10P. The van der Waals surface area contributed by atoms with Gasteiger partial charge in [-0.2, -0.15) is 0 Å². The molecule has 15 N–H and O–H groups in total. The maximum atomic E-state index is 8.88. The highest BCUT2D eigenvalue weighted by molar-refractivity contribution is 7.45. The Morgan fingerprint density at radius 3 is 0.667 bits per heavy atom. The van der Waals surface area contributed by atoms with E-state index in [2.05, 4.69) is 0 Å². The Morgan fingerprint density at radius 2 is 0.667 bits per heavy atom. The highest BCUT2D eigenvalue weighted by atomic mass is 31.2. The van der Waals surface area contributed by atoms with E-state index in [0.717, 1.165) is 0 Å². The molecule has 0 aliphatic carbocycles. The van der Waals surface area contributed by atoms with Crippen LogP contribution in [0.2, 0.25) is 0 Å². The van der Waals surface area contributed by atoms with Gasteiger partial charge in [0, 0.05) is 0 Å². The van der Waals surface area contributed by atoms with Gasteiger partial charge in [-0.3, -0.25) is 0 Å². The van der Waals surface area contributed by atoms with Crippen molar-refractivity contribution in [2.75, 3.05) is 0 Å². The van der Waals surface area contributed by atoms with Gasteiger partial charge in [0.15, 0.2) is 0 Å². The predicted octanol–water partition coefficient (Wildman–Crippen LogP) is -6.79. The molecule has 0 aromatic carbocycles. The van der Waals surface area contributed by atoms with Crippen molar-refractivity contribution < 1.29 is 52.1 Å². The smallest absolute Gasteiger partial charge is 0.412 e. The largest absolute Gasteiger partial charge is 0.466 e. The lowest BCUT2D eigenvalue weighted by Crippen LogP contribution is -1.66. The van der Waals surface area contributed by atoms with Crippen molar-refractivity contribution in [1.29, 1.82) is 0 Å². The Morgan fingerprint density at radius 1 is 0.667 bits per heavy atom. The second kappa shape index (κ2) is 29.9. The van der Waals surface area contributed by atoms with Crippen molar-refractivity contribution in [2.24, 2.45) is 0 Å². The Bertz CT molecular complexity index is 56.0. The van der Waals surface area contributed by atoms with Crippen LogP contribution in [0.15, 0.2) is 0 Å². The Hall–Kier alpha value is 0.636. The molecule has 0 heterocycles. The molecule has 0 aromatic rings. The molecule has 0 aliphatic heterocycles. The van der Waals surface area contributed by atoms with Gasteiger partial charge in [-0.05, 0) is 0 Å². The maximum Gasteiger partial charge on any atom is 0.466 e. The van der Waals surface area contributed by atoms with Gasteiger partial charge in [0.25, 0.3) is 0 Å². The zero-order valence-electron chi connectivity index (χ0n) is 5.20. The predicted molar refractivity (Wildman–Crippen MR) is 44.5 cm³/mol. The van der Waals surface area contributed by atoms with Gasteiger partial charge in [0.1, 0.15) is 0 Å². The van der Waals surface area contributed by atoms with E-state index in [4.69, 9.17) is 19.2 Å². The van der Waals surface area contributed by atoms with E-state index in [1.807, 2.05) is 0 Å². The highest BCUT2D eigenvalue weighted by Gasteiger charge is 2.00. The van der Waals surface area contributed by atoms with Gasteiger partial charge in [0.2, 0.25) is 0 Å². The van der Waals surface area contributed by atoms with Crippen molar-refractivity contribution in [3.8, 4) is 0 Å². The van der Waals surface area contributed by atoms with E-state index in [1.165, 1.54) is 0 Å². The van der Waals surface area contributed by atoms with Crippen LogP contribution in [-0.4, -0.2) is 70.6 Å². The average molecular weight is 232 g/mol. The van der Waals surface area contributed by atoms with Crippen molar-refractivity contribution >= 4 is 30.9 Å². The summed E-state index contributed by atoms with van der Waals surface area (Å²) in [5.41, 5.74) is 0. The normalized spacial score (nSPS) is 4.92. The van der Waals surface area contributed by atoms with Crippen LogP contribution in [0.1, 0.15) is 0 Å². The van der Waals surface area contributed by atoms with Gasteiger partial charge in [-0.1, -0.05) is 0 Å². The number of phosphoric acid groups is 1. The summed E-state index contributed by atoms with van der Waals surface area (Å²) in [6.07, 6.45) is 0. The lowest BCUT2D eigenvalue weighted by Gasteiger charge is -1.82. The Balaban J connectivity index is -0.00000000381. The number of rotatable bonds is 0. The van der Waals surface area contributed by atoms with Crippen molar-refractivity contribution in [2.45, 2.75) is 0 Å². The first kappa shape index (κ1) is 79.6. The Kier molecular flexibility index (Phi) is 198. The van der Waals surface area contributed by atoms with Gasteiger partial charge in [0.05, 0.1) is 0 Å². The summed E-state index contributed by atoms with van der Waals surface area (Å²) in [5, 5.41) is 0. The average Bonchev–Trinajstić information content (AvgIpc) is 0.722. The molecule has 0 rings (SSSR count). The summed E-state index contributed by atoms with van der Waals surface area (Å²) in [4.78, 5) is 21.6. The van der Waals surface area contributed by atoms with Crippen LogP contribution in [0.4, 0.5) is 0 Å². The van der Waals surface area contributed by atoms with Gasteiger partial charge < -0.3 is 47.5 Å². The quantitative estimate of drug-likeness (QED) is 0.271. The van der Waals surface area contributed by atoms with E-state index in [1.54, 1.807) is 0 Å². The highest BCUT2D eigenvalue weighted by Crippen LogP contribution is 2.25. The fourth-order valence-corrected chi connectivity index (χ4v) is 0. The molecule has 0 spiro atoms. The first-order chi connectivity index (χ1) is 2.00. The SMILES string of the molecule is O.O.O.O.O.O.O=P(O)(O)O.[MgH2]. The standard InChI is InChI=1S/Mg.H3O4P.6H2O.2H/c;1-5(2,3)4;;;;;;;;/h;(H3,1,2,3,4);6*1H2;;. The molecular weight excluding hydrogens is 215 g/mol. The molecule has 0 saturated heterocycles. The minimum Gasteiger partial charge on any atom is -0.412 e. The first-order valence-electron chi connectivity index (χ1n) is 0.783. The zero-order valence-corrected chi connectivity index (χ0v) is 6.09. The van der Waals surface area contributed by atoms with Crippen molar-refractivity contribution in [3.05, 3.63) is 0 Å². The molecule has 84 valence electrons. The van der Waals surface area contributed by atoms with Crippen LogP contribution >= 0.6 is 7.82 Å². The van der Waals surface area contributed by atoms with Crippen molar-refractivity contribution in [1.82, 2.24) is 0 Å². The van der Waals surface area contributed by atoms with Gasteiger partial charge in [-0.25, -0.2) is 4.57 Å². The molecule has 0 amide bonds. The van der Waals surface area contributed by atoms with Crippen LogP contribution < -0.4 is 0 Å². The van der Waals surface area contributed by atoms with Crippen LogP contribution in [0, 0.1) is 0 Å². The van der Waals surface area contributed by atoms with E-state index < -0.39 is 7.82 Å². The third-order valence-corrected chi connectivity index (χ3v) is 0. The molecule has 0 aliphatic rings. The first-order valence-corrected chi connectivity index (χ1v) is 2.35. The molecule has 0 aromatic heterocycles. The van der Waals surface area contributed by atoms with Gasteiger partial charge >= 0.3 is 30.9 Å². The lowest BCUT2D eigenvalue weighted by molar-refractivity contribution is 0.275. The minimum absolute atomic E-state index is 0. The van der Waals surface area contributed by atoms with Crippen LogP contribution in [-0.2, 0) is 4.57 Å². The van der Waals surface area contributed by atoms with Crippen LogP contribution in [0.5, 0.6) is 0 Å². The fourth-order valence-electron chi connectivity index (χ4n) is 0. The second-order valence-electron chi connectivity index (χ2n) is 0.513. The fraction of sp³-hybridized carbons (Fsp3) is 0.